The summed E-state index contributed by atoms with van der Waals surface area (Å²) in [6.45, 7) is 4.91. The molecule has 154 valence electrons. The van der Waals surface area contributed by atoms with Gasteiger partial charge in [-0.1, -0.05) is 12.8 Å². The number of aromatic nitrogens is 2. The minimum Gasteiger partial charge on any atom is -0.353 e. The smallest absolute Gasteiger partial charge is 0.237 e. The van der Waals surface area contributed by atoms with Crippen molar-refractivity contribution in [2.24, 2.45) is 0 Å². The molecule has 0 atom stereocenters. The first-order valence-electron chi connectivity index (χ1n) is 11.0. The van der Waals surface area contributed by atoms with Gasteiger partial charge in [-0.15, -0.1) is 0 Å². The molecule has 2 aliphatic heterocycles. The summed E-state index contributed by atoms with van der Waals surface area (Å²) in [5, 5.41) is 7.72. The molecule has 0 spiro atoms. The molecule has 0 aromatic carbocycles. The molecule has 2 fully saturated rings. The van der Waals surface area contributed by atoms with E-state index < -0.39 is 0 Å². The number of likely N-dealkylation sites (tertiary alicyclic amines) is 1. The molecule has 0 bridgehead atoms. The zero-order valence-corrected chi connectivity index (χ0v) is 16.9. The highest BCUT2D eigenvalue weighted by Gasteiger charge is 2.24. The van der Waals surface area contributed by atoms with Gasteiger partial charge in [0.15, 0.2) is 0 Å². The van der Waals surface area contributed by atoms with Gasteiger partial charge < -0.3 is 10.2 Å². The van der Waals surface area contributed by atoms with Gasteiger partial charge in [0.1, 0.15) is 0 Å². The number of aryl methyl sites for hydroxylation is 2. The maximum absolute atomic E-state index is 12.9. The number of fused-ring (bicyclic) bond motifs is 1. The van der Waals surface area contributed by atoms with Crippen LogP contribution in [0.25, 0.3) is 0 Å². The van der Waals surface area contributed by atoms with Crippen LogP contribution in [0.1, 0.15) is 62.8 Å². The molecule has 0 unspecified atom stereocenters. The second-order valence-electron chi connectivity index (χ2n) is 8.55. The van der Waals surface area contributed by atoms with Crippen LogP contribution in [0.3, 0.4) is 0 Å². The topological polar surface area (TPSA) is 70.5 Å². The fraction of sp³-hybridized carbons (Fsp3) is 0.762. The predicted octanol–water partition coefficient (Wildman–Crippen LogP) is 1.70. The van der Waals surface area contributed by atoms with Crippen molar-refractivity contribution < 1.29 is 9.59 Å². The van der Waals surface area contributed by atoms with E-state index in [2.05, 4.69) is 21.4 Å². The minimum absolute atomic E-state index is 0.125. The summed E-state index contributed by atoms with van der Waals surface area (Å²) in [5.41, 5.74) is 2.06. The second kappa shape index (κ2) is 9.07. The molecule has 1 aliphatic carbocycles. The van der Waals surface area contributed by atoms with E-state index in [9.17, 15) is 9.59 Å². The van der Waals surface area contributed by atoms with Crippen molar-refractivity contribution in [2.75, 3.05) is 26.2 Å². The van der Waals surface area contributed by atoms with Crippen molar-refractivity contribution in [3.8, 4) is 0 Å². The molecule has 1 saturated heterocycles. The van der Waals surface area contributed by atoms with Gasteiger partial charge in [-0.3, -0.25) is 19.2 Å². The molecule has 1 N–H and O–H groups in total. The number of carbonyl (C=O) groups excluding carboxylic acids is 2. The Morgan fingerprint density at radius 1 is 1.04 bits per heavy atom. The SMILES string of the molecule is O=C(CCc1cc2n(n1)CCCN(C(=O)CN1CCCCCC1)C2)NC1CC1. The summed E-state index contributed by atoms with van der Waals surface area (Å²) in [6, 6.07) is 2.50. The summed E-state index contributed by atoms with van der Waals surface area (Å²) in [4.78, 5) is 29.1. The predicted molar refractivity (Wildman–Crippen MR) is 107 cm³/mol. The molecule has 4 rings (SSSR count). The Morgan fingerprint density at radius 3 is 2.57 bits per heavy atom. The average molecular weight is 388 g/mol. The van der Waals surface area contributed by atoms with Gasteiger partial charge in [-0.25, -0.2) is 0 Å². The number of hydrogen-bond donors (Lipinski definition) is 1. The summed E-state index contributed by atoms with van der Waals surface area (Å²) in [6.07, 6.45) is 9.31. The first-order chi connectivity index (χ1) is 13.7. The Morgan fingerprint density at radius 2 is 1.82 bits per heavy atom. The highest BCUT2D eigenvalue weighted by atomic mass is 16.2. The highest BCUT2D eigenvalue weighted by molar-refractivity contribution is 5.78. The maximum Gasteiger partial charge on any atom is 0.237 e. The van der Waals surface area contributed by atoms with E-state index in [4.69, 9.17) is 0 Å². The van der Waals surface area contributed by atoms with Crippen LogP contribution in [0.5, 0.6) is 0 Å². The first-order valence-corrected chi connectivity index (χ1v) is 11.0. The van der Waals surface area contributed by atoms with Crippen LogP contribution < -0.4 is 5.32 Å². The summed E-state index contributed by atoms with van der Waals surface area (Å²) in [5.74, 6) is 0.363. The normalized spacial score (nSPS) is 20.9. The van der Waals surface area contributed by atoms with Gasteiger partial charge in [-0.2, -0.15) is 5.10 Å². The molecule has 28 heavy (non-hydrogen) atoms. The van der Waals surface area contributed by atoms with Gasteiger partial charge >= 0.3 is 0 Å². The lowest BCUT2D eigenvalue weighted by Gasteiger charge is -2.25. The Balaban J connectivity index is 1.31. The molecule has 1 aromatic heterocycles. The van der Waals surface area contributed by atoms with Crippen molar-refractivity contribution in [1.82, 2.24) is 24.9 Å². The Labute approximate surface area is 167 Å². The number of amides is 2. The lowest BCUT2D eigenvalue weighted by molar-refractivity contribution is -0.133. The van der Waals surface area contributed by atoms with Gasteiger partial charge in [0.25, 0.3) is 0 Å². The first kappa shape index (κ1) is 19.4. The van der Waals surface area contributed by atoms with E-state index in [1.807, 2.05) is 9.58 Å². The Hall–Kier alpha value is -1.89. The summed E-state index contributed by atoms with van der Waals surface area (Å²) in [7, 11) is 0. The molecule has 7 nitrogen and oxygen atoms in total. The van der Waals surface area contributed by atoms with Crippen LogP contribution in [0.15, 0.2) is 6.07 Å². The largest absolute Gasteiger partial charge is 0.353 e. The average Bonchev–Trinajstić information content (AvgIpc) is 3.47. The van der Waals surface area contributed by atoms with E-state index in [1.165, 1.54) is 25.7 Å². The zero-order chi connectivity index (χ0) is 19.3. The van der Waals surface area contributed by atoms with Crippen LogP contribution in [0, 0.1) is 0 Å². The molecule has 3 heterocycles. The van der Waals surface area contributed by atoms with Gasteiger partial charge in [0.2, 0.25) is 11.8 Å². The standard InChI is InChI=1S/C21H33N5O2/c27-20(22-17-6-7-17)9-8-18-14-19-15-25(12-5-13-26(19)23-18)21(28)16-24-10-3-1-2-4-11-24/h14,17H,1-13,15-16H2,(H,22,27). The van der Waals surface area contributed by atoms with E-state index in [0.717, 1.165) is 56.8 Å². The molecular weight excluding hydrogens is 354 g/mol. The monoisotopic (exact) mass is 387 g/mol. The second-order valence-corrected chi connectivity index (χ2v) is 8.55. The van der Waals surface area contributed by atoms with E-state index in [0.29, 0.717) is 32.0 Å². The Kier molecular flexibility index (Phi) is 6.29. The minimum atomic E-state index is 0.125. The third-order valence-electron chi connectivity index (χ3n) is 6.03. The lowest BCUT2D eigenvalue weighted by Crippen LogP contribution is -2.40. The molecule has 3 aliphatic rings. The fourth-order valence-corrected chi connectivity index (χ4v) is 4.21. The summed E-state index contributed by atoms with van der Waals surface area (Å²) < 4.78 is 2.04. The van der Waals surface area contributed by atoms with Crippen LogP contribution in [0.2, 0.25) is 0 Å². The third-order valence-corrected chi connectivity index (χ3v) is 6.03. The van der Waals surface area contributed by atoms with Gasteiger partial charge in [-0.05, 0) is 51.3 Å². The van der Waals surface area contributed by atoms with Gasteiger partial charge in [0.05, 0.1) is 24.5 Å². The molecule has 1 saturated carbocycles. The van der Waals surface area contributed by atoms with Crippen molar-refractivity contribution >= 4 is 11.8 Å². The van der Waals surface area contributed by atoms with Crippen LogP contribution in [0.4, 0.5) is 0 Å². The number of nitrogens with one attached hydrogen (secondary N) is 1. The van der Waals surface area contributed by atoms with Crippen molar-refractivity contribution in [3.05, 3.63) is 17.5 Å². The number of nitrogens with zero attached hydrogens (tertiary/aromatic N) is 4. The van der Waals surface area contributed by atoms with Crippen molar-refractivity contribution in [2.45, 2.75) is 76.9 Å². The van der Waals surface area contributed by atoms with E-state index in [1.54, 1.807) is 0 Å². The van der Waals surface area contributed by atoms with E-state index >= 15 is 0 Å². The zero-order valence-electron chi connectivity index (χ0n) is 16.9. The maximum atomic E-state index is 12.9. The highest BCUT2D eigenvalue weighted by Crippen LogP contribution is 2.19. The van der Waals surface area contributed by atoms with Crippen molar-refractivity contribution in [3.63, 3.8) is 0 Å². The van der Waals surface area contributed by atoms with E-state index in [-0.39, 0.29) is 11.8 Å². The fourth-order valence-electron chi connectivity index (χ4n) is 4.21. The van der Waals surface area contributed by atoms with Crippen molar-refractivity contribution in [1.29, 1.82) is 0 Å². The molecule has 2 amide bonds. The van der Waals surface area contributed by atoms with Crippen LogP contribution >= 0.6 is 0 Å². The molecular formula is C21H33N5O2. The molecule has 0 radical (unpaired) electrons. The lowest BCUT2D eigenvalue weighted by atomic mass is 10.2. The van der Waals surface area contributed by atoms with Gasteiger partial charge in [0, 0.05) is 32.0 Å². The molecule has 7 heteroatoms. The number of rotatable bonds is 6. The quantitative estimate of drug-likeness (QED) is 0.807. The number of carbonyl (C=O) groups is 2. The third kappa shape index (κ3) is 5.34. The van der Waals surface area contributed by atoms with Crippen LogP contribution in [-0.2, 0) is 29.1 Å². The number of hydrogen-bond acceptors (Lipinski definition) is 4. The molecule has 1 aromatic rings. The Bertz CT molecular complexity index is 689. The van der Waals surface area contributed by atoms with Crippen LogP contribution in [-0.4, -0.2) is 63.6 Å². The summed E-state index contributed by atoms with van der Waals surface area (Å²) >= 11 is 0.